The predicted octanol–water partition coefficient (Wildman–Crippen LogP) is 4.23. The molecule has 13 heteroatoms. The second-order valence-electron chi connectivity index (χ2n) is 10.8. The van der Waals surface area contributed by atoms with Crippen LogP contribution < -0.4 is 5.32 Å². The number of nitrogens with one attached hydrogen (secondary N) is 1. The second-order valence-corrected chi connectivity index (χ2v) is 10.8. The van der Waals surface area contributed by atoms with Crippen molar-refractivity contribution in [3.63, 3.8) is 0 Å². The first-order valence-electron chi connectivity index (χ1n) is 12.8. The molecule has 0 radical (unpaired) electrons. The Morgan fingerprint density at radius 1 is 1.12 bits per heavy atom. The summed E-state index contributed by atoms with van der Waals surface area (Å²) in [7, 11) is 3.49. The fraction of sp³-hybridized carbons (Fsp3) is 0.370. The largest absolute Gasteiger partial charge is 0.417 e. The van der Waals surface area contributed by atoms with Crippen molar-refractivity contribution in [2.24, 2.45) is 12.5 Å². The number of aryl methyl sites for hydroxylation is 2. The minimum atomic E-state index is -4.54. The first-order valence-corrected chi connectivity index (χ1v) is 12.8. The van der Waals surface area contributed by atoms with E-state index >= 15 is 0 Å². The lowest BCUT2D eigenvalue weighted by Gasteiger charge is -2.60. The highest BCUT2D eigenvalue weighted by atomic mass is 19.4. The van der Waals surface area contributed by atoms with E-state index in [0.717, 1.165) is 28.4 Å². The Morgan fingerprint density at radius 2 is 1.88 bits per heavy atom. The number of hydrogen-bond acceptors (Lipinski definition) is 5. The lowest BCUT2D eigenvalue weighted by molar-refractivity contribution is -0.137. The van der Waals surface area contributed by atoms with Gasteiger partial charge in [-0.1, -0.05) is 6.07 Å². The average molecular weight is 553 g/mol. The van der Waals surface area contributed by atoms with Gasteiger partial charge in [0, 0.05) is 68.4 Å². The van der Waals surface area contributed by atoms with Gasteiger partial charge in [-0.25, -0.2) is 9.31 Å². The molecule has 4 aromatic rings. The molecule has 4 aromatic heterocycles. The molecule has 1 N–H and O–H groups in total. The minimum absolute atomic E-state index is 0.0165. The fourth-order valence-electron chi connectivity index (χ4n) is 5.78. The van der Waals surface area contributed by atoms with Gasteiger partial charge in [-0.15, -0.1) is 0 Å². The van der Waals surface area contributed by atoms with Gasteiger partial charge in [0.15, 0.2) is 0 Å². The Morgan fingerprint density at radius 3 is 2.55 bits per heavy atom. The summed E-state index contributed by atoms with van der Waals surface area (Å²) < 4.78 is 42.3. The molecule has 0 aromatic carbocycles. The molecular formula is C27H27F3N8O2. The molecule has 1 aliphatic carbocycles. The molecule has 6 rings (SSSR count). The first-order chi connectivity index (χ1) is 18.9. The SMILES string of the molecule is Cc1nn(C)cc1-c1ccc2c(C(=O)N3CC4(CC(N(C)C(=O)Nc5cncc(C(F)(F)F)c5)C4)C3)cnn2c1. The quantitative estimate of drug-likeness (QED) is 0.409. The van der Waals surface area contributed by atoms with Crippen LogP contribution in [0, 0.1) is 12.3 Å². The topological polar surface area (TPSA) is 101 Å². The molecule has 40 heavy (non-hydrogen) atoms. The summed E-state index contributed by atoms with van der Waals surface area (Å²) in [5.41, 5.74) is 3.13. The van der Waals surface area contributed by atoms with Crippen LogP contribution in [-0.4, -0.2) is 72.3 Å². The first kappa shape index (κ1) is 25.8. The van der Waals surface area contributed by atoms with E-state index < -0.39 is 17.8 Å². The van der Waals surface area contributed by atoms with Crippen LogP contribution in [-0.2, 0) is 13.2 Å². The maximum absolute atomic E-state index is 13.3. The van der Waals surface area contributed by atoms with Gasteiger partial charge in [0.05, 0.1) is 40.4 Å². The van der Waals surface area contributed by atoms with Crippen LogP contribution in [0.15, 0.2) is 49.2 Å². The molecule has 10 nitrogen and oxygen atoms in total. The normalized spacial score (nSPS) is 16.6. The van der Waals surface area contributed by atoms with Crippen LogP contribution in [0.3, 0.4) is 0 Å². The van der Waals surface area contributed by atoms with Crippen LogP contribution >= 0.6 is 0 Å². The Labute approximate surface area is 227 Å². The Kier molecular flexibility index (Phi) is 5.86. The number of alkyl halides is 3. The average Bonchev–Trinajstić information content (AvgIpc) is 3.43. The zero-order valence-electron chi connectivity index (χ0n) is 22.1. The Hall–Kier alpha value is -4.42. The number of carbonyl (C=O) groups is 2. The van der Waals surface area contributed by atoms with Gasteiger partial charge < -0.3 is 15.1 Å². The van der Waals surface area contributed by atoms with Gasteiger partial charge in [0.1, 0.15) is 0 Å². The van der Waals surface area contributed by atoms with Crippen molar-refractivity contribution < 1.29 is 22.8 Å². The maximum Gasteiger partial charge on any atom is 0.417 e. The number of amides is 3. The van der Waals surface area contributed by atoms with Crippen molar-refractivity contribution in [3.8, 4) is 11.1 Å². The van der Waals surface area contributed by atoms with Crippen LogP contribution in [0.2, 0.25) is 0 Å². The number of carbonyl (C=O) groups excluding carboxylic acids is 2. The van der Waals surface area contributed by atoms with E-state index in [1.807, 2.05) is 38.5 Å². The number of fused-ring (bicyclic) bond motifs is 1. The molecule has 0 unspecified atom stereocenters. The third-order valence-corrected chi connectivity index (χ3v) is 7.93. The van der Waals surface area contributed by atoms with Crippen molar-refractivity contribution >= 4 is 23.1 Å². The highest BCUT2D eigenvalue weighted by molar-refractivity contribution is 6.01. The molecule has 1 saturated heterocycles. The van der Waals surface area contributed by atoms with E-state index in [9.17, 15) is 22.8 Å². The molecule has 0 bridgehead atoms. The molecule has 2 aliphatic rings. The molecule has 1 aliphatic heterocycles. The number of aromatic nitrogens is 5. The van der Waals surface area contributed by atoms with Gasteiger partial charge >= 0.3 is 12.2 Å². The molecule has 3 amide bonds. The zero-order chi connectivity index (χ0) is 28.4. The number of urea groups is 1. The van der Waals surface area contributed by atoms with E-state index in [1.54, 1.807) is 27.3 Å². The summed E-state index contributed by atoms with van der Waals surface area (Å²) >= 11 is 0. The van der Waals surface area contributed by atoms with Crippen molar-refractivity contribution in [2.45, 2.75) is 32.0 Å². The van der Waals surface area contributed by atoms with E-state index in [1.165, 1.54) is 11.1 Å². The van der Waals surface area contributed by atoms with Crippen molar-refractivity contribution in [3.05, 3.63) is 66.0 Å². The summed E-state index contributed by atoms with van der Waals surface area (Å²) in [5.74, 6) is -0.0856. The van der Waals surface area contributed by atoms with Crippen LogP contribution in [0.1, 0.15) is 34.5 Å². The Bertz CT molecular complexity index is 1630. The smallest absolute Gasteiger partial charge is 0.337 e. The van der Waals surface area contributed by atoms with E-state index in [2.05, 4.69) is 20.5 Å². The van der Waals surface area contributed by atoms with Crippen LogP contribution in [0.4, 0.5) is 23.7 Å². The molecule has 208 valence electrons. The Balaban J connectivity index is 1.05. The van der Waals surface area contributed by atoms with Crippen molar-refractivity contribution in [1.29, 1.82) is 0 Å². The third-order valence-electron chi connectivity index (χ3n) is 7.93. The van der Waals surface area contributed by atoms with Gasteiger partial charge in [0.2, 0.25) is 0 Å². The number of hydrogen-bond donors (Lipinski definition) is 1. The maximum atomic E-state index is 13.3. The molecule has 0 atom stereocenters. The van der Waals surface area contributed by atoms with Crippen LogP contribution in [0.5, 0.6) is 0 Å². The van der Waals surface area contributed by atoms with Crippen molar-refractivity contribution in [2.75, 3.05) is 25.5 Å². The minimum Gasteiger partial charge on any atom is -0.337 e. The zero-order valence-corrected chi connectivity index (χ0v) is 22.1. The van der Waals surface area contributed by atoms with Gasteiger partial charge in [-0.2, -0.15) is 23.4 Å². The van der Waals surface area contributed by atoms with Gasteiger partial charge in [0.25, 0.3) is 5.91 Å². The standard InChI is InChI=1S/C27H27F3N8O2/c1-16-22(13-35(2)34-16)17-4-5-23-21(11-32-38(23)12-17)24(39)37-14-26(15-37)7-20(8-26)36(3)25(40)33-19-6-18(9-31-10-19)27(28,29)30/h4-6,9-13,20H,7-8,14-15H2,1-3H3,(H,33,40). The third kappa shape index (κ3) is 4.44. The van der Waals surface area contributed by atoms with E-state index in [0.29, 0.717) is 37.7 Å². The summed E-state index contributed by atoms with van der Waals surface area (Å²) in [5, 5.41) is 11.3. The highest BCUT2D eigenvalue weighted by Gasteiger charge is 2.55. The predicted molar refractivity (Wildman–Crippen MR) is 140 cm³/mol. The lowest BCUT2D eigenvalue weighted by atomic mass is 9.60. The second kappa shape index (κ2) is 9.07. The number of nitrogens with zero attached hydrogens (tertiary/aromatic N) is 7. The number of likely N-dealkylation sites (tertiary alicyclic amines) is 1. The molecule has 1 spiro atoms. The molecule has 5 heterocycles. The fourth-order valence-corrected chi connectivity index (χ4v) is 5.78. The van der Waals surface area contributed by atoms with Gasteiger partial charge in [-0.05, 0) is 31.9 Å². The number of pyridine rings is 2. The molecule has 1 saturated carbocycles. The monoisotopic (exact) mass is 552 g/mol. The number of halogens is 3. The summed E-state index contributed by atoms with van der Waals surface area (Å²) in [6.07, 6.45) is 4.20. The van der Waals surface area contributed by atoms with Gasteiger partial charge in [-0.3, -0.25) is 14.5 Å². The van der Waals surface area contributed by atoms with E-state index in [4.69, 9.17) is 0 Å². The van der Waals surface area contributed by atoms with Crippen molar-refractivity contribution in [1.82, 2.24) is 34.2 Å². The summed E-state index contributed by atoms with van der Waals surface area (Å²) in [4.78, 5) is 32.8. The molecule has 2 fully saturated rings. The number of anilines is 1. The molecular weight excluding hydrogens is 525 g/mol. The number of rotatable bonds is 4. The summed E-state index contributed by atoms with van der Waals surface area (Å²) in [6, 6.07) is 4.15. The van der Waals surface area contributed by atoms with Crippen LogP contribution in [0.25, 0.3) is 16.6 Å². The highest BCUT2D eigenvalue weighted by Crippen LogP contribution is 2.50. The lowest BCUT2D eigenvalue weighted by Crippen LogP contribution is -2.67. The summed E-state index contributed by atoms with van der Waals surface area (Å²) in [6.45, 7) is 3.11. The van der Waals surface area contributed by atoms with E-state index in [-0.39, 0.29) is 23.1 Å².